The van der Waals surface area contributed by atoms with Crippen molar-refractivity contribution in [3.63, 3.8) is 0 Å². The van der Waals surface area contributed by atoms with Crippen LogP contribution in [-0.4, -0.2) is 39.6 Å². The summed E-state index contributed by atoms with van der Waals surface area (Å²) in [4.78, 5) is 0. The van der Waals surface area contributed by atoms with Crippen molar-refractivity contribution in [1.82, 2.24) is 0 Å². The molecular weight excluding hydrogens is 269 g/mol. The van der Waals surface area contributed by atoms with Crippen LogP contribution >= 0.6 is 0 Å². The van der Waals surface area contributed by atoms with Crippen LogP contribution in [0.3, 0.4) is 0 Å². The molecule has 1 aromatic rings. The van der Waals surface area contributed by atoms with Gasteiger partial charge in [0, 0.05) is 18.6 Å². The quantitative estimate of drug-likeness (QED) is 0.626. The van der Waals surface area contributed by atoms with Gasteiger partial charge in [-0.1, -0.05) is 25.5 Å². The van der Waals surface area contributed by atoms with Gasteiger partial charge >= 0.3 is 7.12 Å². The normalized spacial score (nSPS) is 23.6. The van der Waals surface area contributed by atoms with E-state index in [9.17, 15) is 0 Å². The fourth-order valence-corrected chi connectivity index (χ4v) is 2.74. The van der Waals surface area contributed by atoms with Gasteiger partial charge in [-0.25, -0.2) is 0 Å². The summed E-state index contributed by atoms with van der Waals surface area (Å²) in [7, 11) is -0.396. The Labute approximate surface area is 125 Å². The lowest BCUT2D eigenvalue weighted by molar-refractivity contribution is 0.0126. The summed E-state index contributed by atoms with van der Waals surface area (Å²) in [6.07, 6.45) is 1.95. The highest BCUT2D eigenvalue weighted by Gasteiger charge is 2.42. The third-order valence-corrected chi connectivity index (χ3v) is 3.87. The van der Waals surface area contributed by atoms with Gasteiger partial charge in [0.15, 0.2) is 0 Å². The fourth-order valence-electron chi connectivity index (χ4n) is 2.74. The Morgan fingerprint density at radius 1 is 1.38 bits per heavy atom. The maximum Gasteiger partial charge on any atom is 0.498 e. The lowest BCUT2D eigenvalue weighted by atomic mass is 9.77. The van der Waals surface area contributed by atoms with Crippen LogP contribution in [0.4, 0.5) is 0 Å². The molecular formula is C15H22BNO4. The molecule has 2 aliphatic rings. The molecule has 21 heavy (non-hydrogen) atoms. The molecule has 5 nitrogen and oxygen atoms in total. The van der Waals surface area contributed by atoms with Gasteiger partial charge in [-0.05, 0) is 18.1 Å². The van der Waals surface area contributed by atoms with Crippen LogP contribution < -0.4 is 15.9 Å². The highest BCUT2D eigenvalue weighted by molar-refractivity contribution is 6.64. The number of unbranched alkanes of at least 4 members (excludes halogenated alkanes) is 1. The van der Waals surface area contributed by atoms with E-state index in [1.807, 2.05) is 18.2 Å². The molecule has 3 rings (SSSR count). The third kappa shape index (κ3) is 3.08. The first-order chi connectivity index (χ1) is 10.3. The Morgan fingerprint density at radius 3 is 3.10 bits per heavy atom. The van der Waals surface area contributed by atoms with Crippen molar-refractivity contribution in [2.24, 2.45) is 5.73 Å². The molecule has 2 N–H and O–H groups in total. The van der Waals surface area contributed by atoms with Crippen molar-refractivity contribution in [3.05, 3.63) is 23.8 Å². The maximum atomic E-state index is 6.02. The summed E-state index contributed by atoms with van der Waals surface area (Å²) in [5.41, 5.74) is 7.84. The predicted octanol–water partition coefficient (Wildman–Crippen LogP) is 1.01. The van der Waals surface area contributed by atoms with Crippen LogP contribution in [0, 0.1) is 0 Å². The van der Waals surface area contributed by atoms with Gasteiger partial charge in [-0.2, -0.15) is 0 Å². The first-order valence-electron chi connectivity index (χ1n) is 7.67. The lowest BCUT2D eigenvalue weighted by Crippen LogP contribution is -2.37. The molecule has 6 heteroatoms. The summed E-state index contributed by atoms with van der Waals surface area (Å²) in [5.74, 6) is 0.838. The minimum absolute atomic E-state index is 0.117. The topological polar surface area (TPSA) is 62.9 Å². The van der Waals surface area contributed by atoms with Crippen molar-refractivity contribution in [2.45, 2.75) is 32.0 Å². The van der Waals surface area contributed by atoms with E-state index in [4.69, 9.17) is 24.5 Å². The third-order valence-electron chi connectivity index (χ3n) is 3.87. The zero-order valence-corrected chi connectivity index (χ0v) is 12.4. The number of benzene rings is 1. The van der Waals surface area contributed by atoms with Crippen LogP contribution in [0.5, 0.6) is 5.75 Å². The Bertz CT molecular complexity index is 485. The average Bonchev–Trinajstić information content (AvgIpc) is 2.76. The van der Waals surface area contributed by atoms with Gasteiger partial charge in [0.1, 0.15) is 18.5 Å². The van der Waals surface area contributed by atoms with Gasteiger partial charge in [0.2, 0.25) is 0 Å². The van der Waals surface area contributed by atoms with E-state index in [1.165, 1.54) is 0 Å². The molecule has 0 radical (unpaired) electrons. The molecule has 0 saturated carbocycles. The minimum Gasteiger partial charge on any atom is -0.491 e. The fraction of sp³-hybridized carbons (Fsp3) is 0.600. The largest absolute Gasteiger partial charge is 0.498 e. The molecule has 0 aliphatic carbocycles. The molecule has 0 bridgehead atoms. The van der Waals surface area contributed by atoms with Crippen molar-refractivity contribution in [3.8, 4) is 5.75 Å². The van der Waals surface area contributed by atoms with Crippen molar-refractivity contribution >= 4 is 12.6 Å². The van der Waals surface area contributed by atoms with Crippen molar-refractivity contribution in [2.75, 3.05) is 26.4 Å². The Kier molecular flexibility index (Phi) is 4.80. The highest BCUT2D eigenvalue weighted by Crippen LogP contribution is 2.30. The second kappa shape index (κ2) is 6.79. The van der Waals surface area contributed by atoms with Gasteiger partial charge < -0.3 is 24.5 Å². The van der Waals surface area contributed by atoms with E-state index < -0.39 is 7.12 Å². The Balaban J connectivity index is 1.69. The van der Waals surface area contributed by atoms with Gasteiger partial charge in [0.05, 0.1) is 12.7 Å². The summed E-state index contributed by atoms with van der Waals surface area (Å²) in [5, 5.41) is 0. The molecule has 1 aromatic carbocycles. The minimum atomic E-state index is -0.396. The van der Waals surface area contributed by atoms with E-state index in [1.54, 1.807) is 0 Å². The molecule has 114 valence electrons. The predicted molar refractivity (Wildman–Crippen MR) is 80.8 cm³/mol. The first-order valence-corrected chi connectivity index (χ1v) is 7.67. The van der Waals surface area contributed by atoms with Gasteiger partial charge in [-0.15, -0.1) is 0 Å². The zero-order valence-electron chi connectivity index (χ0n) is 12.4. The average molecular weight is 291 g/mol. The molecule has 2 unspecified atom stereocenters. The van der Waals surface area contributed by atoms with Crippen LogP contribution in [-0.2, 0) is 14.0 Å². The molecule has 0 fully saturated rings. The molecule has 0 spiro atoms. The second-order valence-electron chi connectivity index (χ2n) is 5.45. The SMILES string of the molecule is CCCCOCC1COc2cccc3c2B(O1)OC3CN. The number of rotatable bonds is 6. The van der Waals surface area contributed by atoms with E-state index in [2.05, 4.69) is 6.92 Å². The maximum absolute atomic E-state index is 6.02. The summed E-state index contributed by atoms with van der Waals surface area (Å²) < 4.78 is 23.5. The lowest BCUT2D eigenvalue weighted by Gasteiger charge is -2.18. The van der Waals surface area contributed by atoms with Crippen molar-refractivity contribution < 1.29 is 18.8 Å². The van der Waals surface area contributed by atoms with Crippen molar-refractivity contribution in [1.29, 1.82) is 0 Å². The van der Waals surface area contributed by atoms with Gasteiger partial charge in [-0.3, -0.25) is 0 Å². The number of hydrogen-bond acceptors (Lipinski definition) is 5. The number of nitrogens with two attached hydrogens (primary N) is 1. The Hall–Kier alpha value is -1.08. The summed E-state index contributed by atoms with van der Waals surface area (Å²) >= 11 is 0. The highest BCUT2D eigenvalue weighted by atomic mass is 16.6. The molecule has 2 aliphatic heterocycles. The molecule has 0 saturated heterocycles. The molecule has 0 amide bonds. The summed E-state index contributed by atoms with van der Waals surface area (Å²) in [6, 6.07) is 5.96. The van der Waals surface area contributed by atoms with Crippen LogP contribution in [0.15, 0.2) is 18.2 Å². The molecule has 2 atom stereocenters. The van der Waals surface area contributed by atoms with E-state index in [0.29, 0.717) is 19.8 Å². The number of ether oxygens (including phenoxy) is 2. The standard InChI is InChI=1S/C15H22BNO4/c1-2-3-7-18-9-11-10-19-13-6-4-5-12-14(8-17)21-16(20-11)15(12)13/h4-6,11,14H,2-3,7-10,17H2,1H3. The smallest absolute Gasteiger partial charge is 0.491 e. The van der Waals surface area contributed by atoms with Crippen LogP contribution in [0.2, 0.25) is 0 Å². The van der Waals surface area contributed by atoms with Crippen LogP contribution in [0.25, 0.3) is 0 Å². The zero-order chi connectivity index (χ0) is 14.7. The second-order valence-corrected chi connectivity index (χ2v) is 5.45. The Morgan fingerprint density at radius 2 is 2.29 bits per heavy atom. The molecule has 0 aromatic heterocycles. The summed E-state index contributed by atoms with van der Waals surface area (Å²) in [6.45, 7) is 4.35. The first kappa shape index (κ1) is 14.8. The van der Waals surface area contributed by atoms with Crippen LogP contribution in [0.1, 0.15) is 31.4 Å². The monoisotopic (exact) mass is 291 g/mol. The van der Waals surface area contributed by atoms with E-state index in [-0.39, 0.29) is 12.2 Å². The van der Waals surface area contributed by atoms with E-state index >= 15 is 0 Å². The number of hydrogen-bond donors (Lipinski definition) is 1. The van der Waals surface area contributed by atoms with E-state index in [0.717, 1.165) is 36.2 Å². The molecule has 2 heterocycles. The van der Waals surface area contributed by atoms with Gasteiger partial charge in [0.25, 0.3) is 0 Å².